The monoisotopic (exact) mass is 569 g/mol. The first-order valence-corrected chi connectivity index (χ1v) is 15.2. The molecule has 0 aliphatic rings. The van der Waals surface area contributed by atoms with Crippen LogP contribution in [0.2, 0.25) is 5.02 Å². The Morgan fingerprint density at radius 3 is 2.15 bits per heavy atom. The molecule has 1 N–H and O–H groups in total. The fourth-order valence-corrected chi connectivity index (χ4v) is 5.15. The van der Waals surface area contributed by atoms with E-state index >= 15 is 0 Å². The minimum Gasteiger partial charge on any atom is -0.354 e. The van der Waals surface area contributed by atoms with E-state index in [1.165, 1.54) is 4.90 Å². The first-order valence-electron chi connectivity index (χ1n) is 13.0. The van der Waals surface area contributed by atoms with Crippen LogP contribution in [0.15, 0.2) is 78.9 Å². The normalized spacial score (nSPS) is 12.0. The van der Waals surface area contributed by atoms with E-state index in [-0.39, 0.29) is 18.9 Å². The van der Waals surface area contributed by atoms with Crippen LogP contribution in [-0.4, -0.2) is 50.5 Å². The highest BCUT2D eigenvalue weighted by atomic mass is 35.5. The number of carbonyl (C=O) groups excluding carboxylic acids is 2. The first-order chi connectivity index (χ1) is 18.6. The summed E-state index contributed by atoms with van der Waals surface area (Å²) in [5.41, 5.74) is 3.12. The van der Waals surface area contributed by atoms with Crippen LogP contribution in [0.1, 0.15) is 36.5 Å². The Labute approximate surface area is 236 Å². The van der Waals surface area contributed by atoms with Crippen LogP contribution in [0, 0.1) is 6.92 Å². The third-order valence-electron chi connectivity index (χ3n) is 6.37. The minimum atomic E-state index is -3.82. The van der Waals surface area contributed by atoms with Crippen molar-refractivity contribution in [2.45, 2.75) is 45.7 Å². The average Bonchev–Trinajstić information content (AvgIpc) is 2.91. The van der Waals surface area contributed by atoms with Crippen LogP contribution in [0.5, 0.6) is 0 Å². The molecule has 0 radical (unpaired) electrons. The minimum absolute atomic E-state index is 0.149. The van der Waals surface area contributed by atoms with Gasteiger partial charge in [0.15, 0.2) is 0 Å². The first kappa shape index (κ1) is 30.2. The molecule has 3 rings (SSSR count). The molecule has 3 aromatic carbocycles. The molecule has 39 heavy (non-hydrogen) atoms. The Bertz CT molecular complexity index is 1330. The summed E-state index contributed by atoms with van der Waals surface area (Å²) in [6.45, 7) is 4.20. The molecule has 0 aromatic heterocycles. The highest BCUT2D eigenvalue weighted by Gasteiger charge is 2.32. The molecule has 0 saturated carbocycles. The van der Waals surface area contributed by atoms with Crippen molar-refractivity contribution in [2.75, 3.05) is 23.7 Å². The van der Waals surface area contributed by atoms with Crippen LogP contribution in [0.25, 0.3) is 0 Å². The summed E-state index contributed by atoms with van der Waals surface area (Å²) in [7, 11) is -3.82. The van der Waals surface area contributed by atoms with E-state index in [0.717, 1.165) is 40.1 Å². The van der Waals surface area contributed by atoms with Crippen molar-refractivity contribution in [3.8, 4) is 0 Å². The number of nitrogens with zero attached hydrogens (tertiary/aromatic N) is 2. The maximum Gasteiger partial charge on any atom is 0.244 e. The predicted octanol–water partition coefficient (Wildman–Crippen LogP) is 4.97. The lowest BCUT2D eigenvalue weighted by molar-refractivity contribution is -0.140. The topological polar surface area (TPSA) is 86.8 Å². The zero-order valence-electron chi connectivity index (χ0n) is 22.6. The lowest BCUT2D eigenvalue weighted by atomic mass is 10.0. The SMILES string of the molecule is CCCCNC(=O)[C@@H](Cc1ccccc1)N(Cc1ccc(C)cc1)C(=O)CN(c1ccc(Cl)cc1)S(C)(=O)=O. The third kappa shape index (κ3) is 9.11. The molecule has 208 valence electrons. The van der Waals surface area contributed by atoms with Crippen LogP contribution in [0.4, 0.5) is 5.69 Å². The van der Waals surface area contributed by atoms with Crippen LogP contribution in [0.3, 0.4) is 0 Å². The van der Waals surface area contributed by atoms with Gasteiger partial charge in [0.1, 0.15) is 12.6 Å². The van der Waals surface area contributed by atoms with Gasteiger partial charge in [0.2, 0.25) is 21.8 Å². The summed E-state index contributed by atoms with van der Waals surface area (Å²) in [4.78, 5) is 29.0. The van der Waals surface area contributed by atoms with Gasteiger partial charge in [0, 0.05) is 24.5 Å². The number of hydrogen-bond donors (Lipinski definition) is 1. The van der Waals surface area contributed by atoms with Gasteiger partial charge in [-0.15, -0.1) is 0 Å². The van der Waals surface area contributed by atoms with Gasteiger partial charge >= 0.3 is 0 Å². The lowest BCUT2D eigenvalue weighted by Gasteiger charge is -2.33. The summed E-state index contributed by atoms with van der Waals surface area (Å²) in [6.07, 6.45) is 3.07. The molecule has 3 aromatic rings. The number of hydrogen-bond acceptors (Lipinski definition) is 4. The summed E-state index contributed by atoms with van der Waals surface area (Å²) < 4.78 is 26.6. The van der Waals surface area contributed by atoms with E-state index < -0.39 is 28.5 Å². The number of carbonyl (C=O) groups is 2. The van der Waals surface area contributed by atoms with E-state index in [1.54, 1.807) is 24.3 Å². The molecule has 9 heteroatoms. The average molecular weight is 570 g/mol. The molecule has 0 heterocycles. The number of rotatable bonds is 13. The van der Waals surface area contributed by atoms with E-state index in [9.17, 15) is 18.0 Å². The number of aryl methyl sites for hydroxylation is 1. The Kier molecular flexibility index (Phi) is 10.9. The quantitative estimate of drug-likeness (QED) is 0.294. The number of amides is 2. The molecular weight excluding hydrogens is 534 g/mol. The molecule has 0 bridgehead atoms. The van der Waals surface area contributed by atoms with Crippen molar-refractivity contribution in [1.82, 2.24) is 10.2 Å². The second kappa shape index (κ2) is 14.1. The Hall–Kier alpha value is -3.36. The highest BCUT2D eigenvalue weighted by Crippen LogP contribution is 2.22. The fraction of sp³-hybridized carbons (Fsp3) is 0.333. The van der Waals surface area contributed by atoms with Gasteiger partial charge in [0.25, 0.3) is 0 Å². The molecule has 0 aliphatic heterocycles. The zero-order valence-corrected chi connectivity index (χ0v) is 24.2. The Morgan fingerprint density at radius 1 is 0.923 bits per heavy atom. The van der Waals surface area contributed by atoms with Crippen molar-refractivity contribution in [3.05, 3.63) is 101 Å². The van der Waals surface area contributed by atoms with Gasteiger partial charge in [-0.2, -0.15) is 0 Å². The van der Waals surface area contributed by atoms with Gasteiger partial charge in [-0.1, -0.05) is 85.1 Å². The number of benzene rings is 3. The zero-order chi connectivity index (χ0) is 28.4. The second-order valence-electron chi connectivity index (χ2n) is 9.60. The number of sulfonamides is 1. The molecule has 2 amide bonds. The number of unbranched alkanes of at least 4 members (excludes halogenated alkanes) is 1. The van der Waals surface area contributed by atoms with Crippen LogP contribution < -0.4 is 9.62 Å². The van der Waals surface area contributed by atoms with E-state index in [0.29, 0.717) is 17.3 Å². The van der Waals surface area contributed by atoms with Gasteiger partial charge < -0.3 is 10.2 Å². The fourth-order valence-electron chi connectivity index (χ4n) is 4.17. The van der Waals surface area contributed by atoms with Gasteiger partial charge in [-0.25, -0.2) is 8.42 Å². The van der Waals surface area contributed by atoms with Crippen molar-refractivity contribution in [3.63, 3.8) is 0 Å². The predicted molar refractivity (Wildman–Crippen MR) is 157 cm³/mol. The third-order valence-corrected chi connectivity index (χ3v) is 7.76. The van der Waals surface area contributed by atoms with Gasteiger partial charge in [0.05, 0.1) is 11.9 Å². The number of halogens is 1. The summed E-state index contributed by atoms with van der Waals surface area (Å²) >= 11 is 6.01. The van der Waals surface area contributed by atoms with Crippen molar-refractivity contribution in [1.29, 1.82) is 0 Å². The van der Waals surface area contributed by atoms with Crippen LogP contribution >= 0.6 is 11.6 Å². The maximum atomic E-state index is 14.0. The van der Waals surface area contributed by atoms with E-state index in [1.807, 2.05) is 68.4 Å². The standard InChI is InChI=1S/C30H36ClN3O4S/c1-4-5-19-32-30(36)28(20-24-9-7-6-8-10-24)33(21-25-13-11-23(2)12-14-25)29(35)22-34(39(3,37)38)27-17-15-26(31)16-18-27/h6-18,28H,4-5,19-22H2,1-3H3,(H,32,36)/t28-/m1/s1. The van der Waals surface area contributed by atoms with Gasteiger partial charge in [-0.05, 0) is 48.7 Å². The van der Waals surface area contributed by atoms with Crippen molar-refractivity contribution < 1.29 is 18.0 Å². The highest BCUT2D eigenvalue weighted by molar-refractivity contribution is 7.92. The van der Waals surface area contributed by atoms with Crippen LogP contribution in [-0.2, 0) is 32.6 Å². The Morgan fingerprint density at radius 2 is 1.56 bits per heavy atom. The molecule has 0 spiro atoms. The van der Waals surface area contributed by atoms with E-state index in [4.69, 9.17) is 11.6 Å². The second-order valence-corrected chi connectivity index (χ2v) is 11.9. The van der Waals surface area contributed by atoms with Crippen molar-refractivity contribution >= 4 is 39.1 Å². The lowest BCUT2D eigenvalue weighted by Crippen LogP contribution is -2.53. The summed E-state index contributed by atoms with van der Waals surface area (Å²) in [5, 5.41) is 3.43. The molecule has 0 unspecified atom stereocenters. The number of anilines is 1. The molecule has 0 saturated heterocycles. The Balaban J connectivity index is 2.01. The molecule has 0 fully saturated rings. The van der Waals surface area contributed by atoms with Crippen molar-refractivity contribution in [2.24, 2.45) is 0 Å². The van der Waals surface area contributed by atoms with E-state index in [2.05, 4.69) is 5.32 Å². The molecule has 1 atom stereocenters. The summed E-state index contributed by atoms with van der Waals surface area (Å²) in [5.74, 6) is -0.757. The molecule has 0 aliphatic carbocycles. The largest absolute Gasteiger partial charge is 0.354 e. The molecule has 7 nitrogen and oxygen atoms in total. The summed E-state index contributed by atoms with van der Waals surface area (Å²) in [6, 6.07) is 22.6. The smallest absolute Gasteiger partial charge is 0.244 e. The molecular formula is C30H36ClN3O4S. The van der Waals surface area contributed by atoms with Gasteiger partial charge in [-0.3, -0.25) is 13.9 Å². The maximum absolute atomic E-state index is 14.0. The number of nitrogens with one attached hydrogen (secondary N) is 1.